The molecule has 1 aromatic carbocycles. The fourth-order valence-electron chi connectivity index (χ4n) is 1.02. The van der Waals surface area contributed by atoms with E-state index in [1.54, 1.807) is 18.2 Å². The van der Waals surface area contributed by atoms with Gasteiger partial charge in [0.05, 0.1) is 10.7 Å². The van der Waals surface area contributed by atoms with Crippen molar-refractivity contribution in [1.29, 1.82) is 0 Å². The van der Waals surface area contributed by atoms with E-state index in [0.717, 1.165) is 6.42 Å². The molecule has 0 heterocycles. The number of carbonyl (C=O) groups excluding carboxylic acids is 1. The molecule has 2 amide bonds. The second-order valence-electron chi connectivity index (χ2n) is 3.12. The van der Waals surface area contributed by atoms with Crippen LogP contribution < -0.4 is 16.4 Å². The van der Waals surface area contributed by atoms with E-state index in [9.17, 15) is 4.79 Å². The Morgan fingerprint density at radius 1 is 1.53 bits per heavy atom. The molecule has 0 saturated carbocycles. The molecule has 0 saturated heterocycles. The summed E-state index contributed by atoms with van der Waals surface area (Å²) in [5.74, 6) is 0. The zero-order chi connectivity index (χ0) is 11.3. The highest BCUT2D eigenvalue weighted by Gasteiger charge is 2.02. The Bertz CT molecular complexity index is 355. The molecule has 0 fully saturated rings. The van der Waals surface area contributed by atoms with Crippen molar-refractivity contribution in [2.45, 2.75) is 13.3 Å². The van der Waals surface area contributed by atoms with Gasteiger partial charge in [0.1, 0.15) is 0 Å². The van der Waals surface area contributed by atoms with Crippen molar-refractivity contribution < 1.29 is 4.79 Å². The molecular formula is C10H14ClN3O. The number of hydrogen-bond acceptors (Lipinski definition) is 2. The molecule has 0 bridgehead atoms. The van der Waals surface area contributed by atoms with Crippen molar-refractivity contribution in [2.24, 2.45) is 0 Å². The largest absolute Gasteiger partial charge is 0.398 e. The summed E-state index contributed by atoms with van der Waals surface area (Å²) in [4.78, 5) is 11.3. The Hall–Kier alpha value is -1.42. The average molecular weight is 228 g/mol. The highest BCUT2D eigenvalue weighted by molar-refractivity contribution is 6.33. The Labute approximate surface area is 93.8 Å². The number of halogens is 1. The first-order chi connectivity index (χ1) is 7.13. The van der Waals surface area contributed by atoms with E-state index >= 15 is 0 Å². The third kappa shape index (κ3) is 3.67. The van der Waals surface area contributed by atoms with E-state index in [2.05, 4.69) is 10.6 Å². The van der Waals surface area contributed by atoms with Gasteiger partial charge in [0.2, 0.25) is 0 Å². The molecule has 0 aliphatic rings. The number of carbonyl (C=O) groups is 1. The van der Waals surface area contributed by atoms with Crippen LogP contribution in [0.15, 0.2) is 18.2 Å². The Morgan fingerprint density at radius 3 is 2.87 bits per heavy atom. The number of nitrogens with two attached hydrogens (primary N) is 1. The van der Waals surface area contributed by atoms with Gasteiger partial charge in [-0.3, -0.25) is 0 Å². The predicted molar refractivity (Wildman–Crippen MR) is 63.2 cm³/mol. The van der Waals surface area contributed by atoms with Gasteiger partial charge in [0, 0.05) is 12.2 Å². The maximum absolute atomic E-state index is 11.3. The normalized spacial score (nSPS) is 9.73. The van der Waals surface area contributed by atoms with Crippen LogP contribution in [0.4, 0.5) is 16.2 Å². The van der Waals surface area contributed by atoms with Crippen molar-refractivity contribution in [1.82, 2.24) is 5.32 Å². The molecule has 5 heteroatoms. The number of nitrogen functional groups attached to an aromatic ring is 1. The smallest absolute Gasteiger partial charge is 0.319 e. The lowest BCUT2D eigenvalue weighted by atomic mass is 10.3. The number of anilines is 2. The minimum atomic E-state index is -0.238. The molecule has 1 aromatic rings. The van der Waals surface area contributed by atoms with Gasteiger partial charge in [-0.2, -0.15) is 0 Å². The maximum atomic E-state index is 11.3. The number of benzene rings is 1. The van der Waals surface area contributed by atoms with E-state index in [1.165, 1.54) is 0 Å². The van der Waals surface area contributed by atoms with E-state index in [-0.39, 0.29) is 6.03 Å². The fourth-order valence-corrected chi connectivity index (χ4v) is 1.20. The van der Waals surface area contributed by atoms with E-state index in [0.29, 0.717) is 22.9 Å². The Balaban J connectivity index is 2.57. The molecule has 82 valence electrons. The van der Waals surface area contributed by atoms with Crippen LogP contribution in [-0.2, 0) is 0 Å². The highest BCUT2D eigenvalue weighted by Crippen LogP contribution is 2.22. The summed E-state index contributed by atoms with van der Waals surface area (Å²) in [7, 11) is 0. The topological polar surface area (TPSA) is 67.2 Å². The molecule has 1 rings (SSSR count). The van der Waals surface area contributed by atoms with Crippen LogP contribution in [0.2, 0.25) is 5.02 Å². The van der Waals surface area contributed by atoms with Crippen LogP contribution in [-0.4, -0.2) is 12.6 Å². The van der Waals surface area contributed by atoms with Crippen molar-refractivity contribution in [2.75, 3.05) is 17.6 Å². The zero-order valence-electron chi connectivity index (χ0n) is 8.51. The zero-order valence-corrected chi connectivity index (χ0v) is 9.27. The van der Waals surface area contributed by atoms with Crippen LogP contribution >= 0.6 is 11.6 Å². The molecule has 0 aliphatic heterocycles. The maximum Gasteiger partial charge on any atom is 0.319 e. The fraction of sp³-hybridized carbons (Fsp3) is 0.300. The van der Waals surface area contributed by atoms with Crippen LogP contribution in [0, 0.1) is 0 Å². The van der Waals surface area contributed by atoms with E-state index in [1.807, 2.05) is 6.92 Å². The quantitative estimate of drug-likeness (QED) is 0.695. The first-order valence-corrected chi connectivity index (χ1v) is 5.11. The molecule has 0 aliphatic carbocycles. The molecule has 15 heavy (non-hydrogen) atoms. The summed E-state index contributed by atoms with van der Waals surface area (Å²) < 4.78 is 0. The number of nitrogens with one attached hydrogen (secondary N) is 2. The minimum Gasteiger partial charge on any atom is -0.398 e. The van der Waals surface area contributed by atoms with Gasteiger partial charge in [0.25, 0.3) is 0 Å². The lowest BCUT2D eigenvalue weighted by molar-refractivity contribution is 0.252. The first-order valence-electron chi connectivity index (χ1n) is 4.73. The summed E-state index contributed by atoms with van der Waals surface area (Å²) in [5.41, 5.74) is 6.66. The monoisotopic (exact) mass is 227 g/mol. The highest BCUT2D eigenvalue weighted by atomic mass is 35.5. The summed E-state index contributed by atoms with van der Waals surface area (Å²) in [5, 5.41) is 5.78. The van der Waals surface area contributed by atoms with Gasteiger partial charge in [-0.25, -0.2) is 4.79 Å². The average Bonchev–Trinajstić information content (AvgIpc) is 2.20. The van der Waals surface area contributed by atoms with Gasteiger partial charge >= 0.3 is 6.03 Å². The molecule has 4 nitrogen and oxygen atoms in total. The van der Waals surface area contributed by atoms with Crippen molar-refractivity contribution in [3.63, 3.8) is 0 Å². The molecular weight excluding hydrogens is 214 g/mol. The summed E-state index contributed by atoms with van der Waals surface area (Å²) in [6.45, 7) is 2.63. The predicted octanol–water partition coefficient (Wildman–Crippen LogP) is 2.45. The Kier molecular flexibility index (Phi) is 4.24. The van der Waals surface area contributed by atoms with Crippen LogP contribution in [0.3, 0.4) is 0 Å². The number of amides is 2. The lowest BCUT2D eigenvalue weighted by Crippen LogP contribution is -2.29. The summed E-state index contributed by atoms with van der Waals surface area (Å²) in [6.07, 6.45) is 0.899. The van der Waals surface area contributed by atoms with Gasteiger partial charge in [-0.05, 0) is 24.6 Å². The van der Waals surface area contributed by atoms with Crippen LogP contribution in [0.1, 0.15) is 13.3 Å². The molecule has 0 aromatic heterocycles. The molecule has 0 unspecified atom stereocenters. The number of rotatable bonds is 3. The standard InChI is InChI=1S/C10H14ClN3O/c1-2-5-13-10(15)14-7-3-4-9(12)8(11)6-7/h3-4,6H,2,5,12H2,1H3,(H2,13,14,15). The van der Waals surface area contributed by atoms with Gasteiger partial charge in [0.15, 0.2) is 0 Å². The SMILES string of the molecule is CCCNC(=O)Nc1ccc(N)c(Cl)c1. The lowest BCUT2D eigenvalue weighted by Gasteiger charge is -2.07. The molecule has 4 N–H and O–H groups in total. The van der Waals surface area contributed by atoms with Crippen molar-refractivity contribution in [3.05, 3.63) is 23.2 Å². The van der Waals surface area contributed by atoms with Crippen LogP contribution in [0.25, 0.3) is 0 Å². The van der Waals surface area contributed by atoms with Gasteiger partial charge in [-0.15, -0.1) is 0 Å². The molecule has 0 spiro atoms. The second kappa shape index (κ2) is 5.46. The molecule has 0 atom stereocenters. The van der Waals surface area contributed by atoms with Crippen molar-refractivity contribution >= 4 is 29.0 Å². The summed E-state index contributed by atoms with van der Waals surface area (Å²) in [6, 6.07) is 4.73. The Morgan fingerprint density at radius 2 is 2.27 bits per heavy atom. The van der Waals surface area contributed by atoms with Gasteiger partial charge < -0.3 is 16.4 Å². The van der Waals surface area contributed by atoms with Gasteiger partial charge in [-0.1, -0.05) is 18.5 Å². The number of urea groups is 1. The second-order valence-corrected chi connectivity index (χ2v) is 3.52. The first kappa shape index (κ1) is 11.7. The van der Waals surface area contributed by atoms with Crippen molar-refractivity contribution in [3.8, 4) is 0 Å². The van der Waals surface area contributed by atoms with E-state index in [4.69, 9.17) is 17.3 Å². The van der Waals surface area contributed by atoms with E-state index < -0.39 is 0 Å². The number of hydrogen-bond donors (Lipinski definition) is 3. The minimum absolute atomic E-state index is 0.238. The summed E-state index contributed by atoms with van der Waals surface area (Å²) >= 11 is 5.80. The van der Waals surface area contributed by atoms with Crippen LogP contribution in [0.5, 0.6) is 0 Å². The third-order valence-electron chi connectivity index (χ3n) is 1.79. The molecule has 0 radical (unpaired) electrons. The third-order valence-corrected chi connectivity index (χ3v) is 2.12.